The summed E-state index contributed by atoms with van der Waals surface area (Å²) in [6, 6.07) is 16.5. The molecule has 0 aliphatic carbocycles. The molecule has 0 heterocycles. The fourth-order valence-corrected chi connectivity index (χ4v) is 2.26. The van der Waals surface area contributed by atoms with E-state index in [4.69, 9.17) is 0 Å². The van der Waals surface area contributed by atoms with Crippen LogP contribution in [0.4, 0.5) is 0 Å². The topological polar surface area (TPSA) is 73.1 Å². The number of hydrogen-bond acceptors (Lipinski definition) is 3. The number of nitrogens with one attached hydrogen (secondary N) is 1. The SMILES string of the molecule is CC(C)C(O)CNC(=O)c1ccccc1-c1ccccc1C#N. The van der Waals surface area contributed by atoms with E-state index < -0.39 is 6.10 Å². The Balaban J connectivity index is 2.31. The Morgan fingerprint density at radius 2 is 1.74 bits per heavy atom. The Morgan fingerprint density at radius 3 is 2.39 bits per heavy atom. The lowest BCUT2D eigenvalue weighted by molar-refractivity contribution is 0.0872. The van der Waals surface area contributed by atoms with Crippen molar-refractivity contribution in [2.24, 2.45) is 5.92 Å². The van der Waals surface area contributed by atoms with E-state index in [0.717, 1.165) is 5.56 Å². The minimum atomic E-state index is -0.586. The van der Waals surface area contributed by atoms with Gasteiger partial charge in [0, 0.05) is 17.7 Å². The van der Waals surface area contributed by atoms with Gasteiger partial charge in [0.25, 0.3) is 5.91 Å². The van der Waals surface area contributed by atoms with Crippen molar-refractivity contribution in [2.75, 3.05) is 6.54 Å². The summed E-state index contributed by atoms with van der Waals surface area (Å²) in [5.74, 6) is -0.182. The minimum Gasteiger partial charge on any atom is -0.391 e. The first-order valence-electron chi connectivity index (χ1n) is 7.59. The summed E-state index contributed by atoms with van der Waals surface area (Å²) in [6.07, 6.45) is -0.586. The molecule has 1 amide bonds. The molecule has 1 unspecified atom stereocenters. The average Bonchev–Trinajstić information content (AvgIpc) is 2.59. The van der Waals surface area contributed by atoms with E-state index in [9.17, 15) is 15.2 Å². The van der Waals surface area contributed by atoms with Crippen LogP contribution in [0.5, 0.6) is 0 Å². The van der Waals surface area contributed by atoms with Gasteiger partial charge in [-0.3, -0.25) is 4.79 Å². The monoisotopic (exact) mass is 308 g/mol. The largest absolute Gasteiger partial charge is 0.391 e. The van der Waals surface area contributed by atoms with Crippen molar-refractivity contribution in [1.82, 2.24) is 5.32 Å². The van der Waals surface area contributed by atoms with Gasteiger partial charge >= 0.3 is 0 Å². The summed E-state index contributed by atoms with van der Waals surface area (Å²) in [7, 11) is 0. The fraction of sp³-hybridized carbons (Fsp3) is 0.263. The zero-order valence-electron chi connectivity index (χ0n) is 13.3. The Kier molecular flexibility index (Phi) is 5.51. The van der Waals surface area contributed by atoms with Crippen LogP contribution in [0.3, 0.4) is 0 Å². The van der Waals surface area contributed by atoms with Gasteiger partial charge in [-0.2, -0.15) is 5.26 Å². The molecule has 0 radical (unpaired) electrons. The zero-order chi connectivity index (χ0) is 16.8. The Labute approximate surface area is 136 Å². The van der Waals surface area contributed by atoms with Crippen LogP contribution in [0.15, 0.2) is 48.5 Å². The molecule has 2 rings (SSSR count). The number of carbonyl (C=O) groups excluding carboxylic acids is 1. The first-order valence-corrected chi connectivity index (χ1v) is 7.59. The van der Waals surface area contributed by atoms with Gasteiger partial charge in [-0.25, -0.2) is 0 Å². The van der Waals surface area contributed by atoms with Gasteiger partial charge in [0.2, 0.25) is 0 Å². The number of amides is 1. The van der Waals surface area contributed by atoms with Crippen LogP contribution in [-0.2, 0) is 0 Å². The molecule has 0 aliphatic rings. The number of nitriles is 1. The van der Waals surface area contributed by atoms with Gasteiger partial charge in [0.15, 0.2) is 0 Å². The van der Waals surface area contributed by atoms with Gasteiger partial charge in [-0.1, -0.05) is 50.2 Å². The first kappa shape index (κ1) is 16.7. The first-order chi connectivity index (χ1) is 11.0. The van der Waals surface area contributed by atoms with E-state index >= 15 is 0 Å². The molecule has 0 saturated carbocycles. The summed E-state index contributed by atoms with van der Waals surface area (Å²) in [5, 5.41) is 21.9. The Hall–Kier alpha value is -2.64. The van der Waals surface area contributed by atoms with Crippen molar-refractivity contribution >= 4 is 5.91 Å². The standard InChI is InChI=1S/C19H20N2O2/c1-13(2)18(22)12-21-19(23)17-10-6-5-9-16(17)15-8-4-3-7-14(15)11-20/h3-10,13,18,22H,12H2,1-2H3,(H,21,23). The molecule has 4 nitrogen and oxygen atoms in total. The normalized spacial score (nSPS) is 11.8. The van der Waals surface area contributed by atoms with Crippen LogP contribution >= 0.6 is 0 Å². The summed E-state index contributed by atoms with van der Waals surface area (Å²) in [5.41, 5.74) is 2.45. The molecular formula is C19H20N2O2. The van der Waals surface area contributed by atoms with Crippen LogP contribution < -0.4 is 5.32 Å². The summed E-state index contributed by atoms with van der Waals surface area (Å²) >= 11 is 0. The molecule has 23 heavy (non-hydrogen) atoms. The van der Waals surface area contributed by atoms with Gasteiger partial charge in [0.05, 0.1) is 17.7 Å². The molecule has 0 aliphatic heterocycles. The second-order valence-electron chi connectivity index (χ2n) is 5.72. The summed E-state index contributed by atoms with van der Waals surface area (Å²) in [4.78, 5) is 12.5. The molecule has 118 valence electrons. The van der Waals surface area contributed by atoms with Crippen LogP contribution in [0, 0.1) is 17.2 Å². The van der Waals surface area contributed by atoms with Gasteiger partial charge < -0.3 is 10.4 Å². The Bertz CT molecular complexity index is 732. The van der Waals surface area contributed by atoms with Crippen molar-refractivity contribution < 1.29 is 9.90 Å². The van der Waals surface area contributed by atoms with Crippen molar-refractivity contribution in [3.63, 3.8) is 0 Å². The lowest BCUT2D eigenvalue weighted by atomic mass is 9.95. The molecule has 0 aromatic heterocycles. The Morgan fingerprint density at radius 1 is 1.13 bits per heavy atom. The molecule has 0 saturated heterocycles. The molecule has 2 aromatic carbocycles. The van der Waals surface area contributed by atoms with Crippen molar-refractivity contribution in [1.29, 1.82) is 5.26 Å². The van der Waals surface area contributed by atoms with Crippen LogP contribution in [-0.4, -0.2) is 23.7 Å². The van der Waals surface area contributed by atoms with Crippen molar-refractivity contribution in [2.45, 2.75) is 20.0 Å². The number of nitrogens with zero attached hydrogens (tertiary/aromatic N) is 1. The van der Waals surface area contributed by atoms with Crippen molar-refractivity contribution in [3.05, 3.63) is 59.7 Å². The lowest BCUT2D eigenvalue weighted by Crippen LogP contribution is -2.34. The predicted octanol–water partition coefficient (Wildman–Crippen LogP) is 2.97. The predicted molar refractivity (Wildman–Crippen MR) is 89.8 cm³/mol. The highest BCUT2D eigenvalue weighted by Gasteiger charge is 2.16. The molecule has 1 atom stereocenters. The number of aliphatic hydroxyl groups excluding tert-OH is 1. The van der Waals surface area contributed by atoms with E-state index in [1.807, 2.05) is 38.1 Å². The van der Waals surface area contributed by atoms with Gasteiger partial charge in [-0.15, -0.1) is 0 Å². The van der Waals surface area contributed by atoms with Crippen LogP contribution in [0.2, 0.25) is 0 Å². The van der Waals surface area contributed by atoms with Gasteiger partial charge in [0.1, 0.15) is 0 Å². The van der Waals surface area contributed by atoms with Crippen LogP contribution in [0.1, 0.15) is 29.8 Å². The maximum Gasteiger partial charge on any atom is 0.252 e. The fourth-order valence-electron chi connectivity index (χ4n) is 2.26. The number of benzene rings is 2. The zero-order valence-corrected chi connectivity index (χ0v) is 13.3. The molecule has 0 bridgehead atoms. The third-order valence-electron chi connectivity index (χ3n) is 3.75. The molecule has 0 spiro atoms. The number of carbonyl (C=O) groups is 1. The molecule has 4 heteroatoms. The van der Waals surface area contributed by atoms with E-state index in [-0.39, 0.29) is 18.4 Å². The third kappa shape index (κ3) is 3.97. The number of aliphatic hydroxyl groups is 1. The van der Waals surface area contributed by atoms with Crippen molar-refractivity contribution in [3.8, 4) is 17.2 Å². The number of rotatable bonds is 5. The van der Waals surface area contributed by atoms with Gasteiger partial charge in [-0.05, 0) is 23.6 Å². The summed E-state index contributed by atoms with van der Waals surface area (Å²) < 4.78 is 0. The second-order valence-corrected chi connectivity index (χ2v) is 5.72. The summed E-state index contributed by atoms with van der Waals surface area (Å²) in [6.45, 7) is 3.99. The quantitative estimate of drug-likeness (QED) is 0.892. The highest BCUT2D eigenvalue weighted by molar-refractivity contribution is 6.01. The maximum absolute atomic E-state index is 12.5. The minimum absolute atomic E-state index is 0.0739. The lowest BCUT2D eigenvalue weighted by Gasteiger charge is -2.16. The molecular weight excluding hydrogens is 288 g/mol. The van der Waals surface area contributed by atoms with E-state index in [1.165, 1.54) is 0 Å². The van der Waals surface area contributed by atoms with E-state index in [1.54, 1.807) is 24.3 Å². The molecule has 2 N–H and O–H groups in total. The van der Waals surface area contributed by atoms with E-state index in [2.05, 4.69) is 11.4 Å². The second kappa shape index (κ2) is 7.57. The highest BCUT2D eigenvalue weighted by atomic mass is 16.3. The van der Waals surface area contributed by atoms with E-state index in [0.29, 0.717) is 16.7 Å². The molecule has 2 aromatic rings. The average molecular weight is 308 g/mol. The maximum atomic E-state index is 12.5. The highest BCUT2D eigenvalue weighted by Crippen LogP contribution is 2.26. The third-order valence-corrected chi connectivity index (χ3v) is 3.75. The smallest absolute Gasteiger partial charge is 0.252 e. The molecule has 0 fully saturated rings. The van der Waals surface area contributed by atoms with Crippen LogP contribution in [0.25, 0.3) is 11.1 Å². The number of hydrogen-bond donors (Lipinski definition) is 2.